The van der Waals surface area contributed by atoms with Crippen LogP contribution in [0.4, 0.5) is 0 Å². The Kier molecular flexibility index (Phi) is 5.43. The van der Waals surface area contributed by atoms with Crippen molar-refractivity contribution in [3.8, 4) is 0 Å². The number of rotatable bonds is 5. The van der Waals surface area contributed by atoms with E-state index in [0.29, 0.717) is 32.8 Å². The number of amides is 1. The second kappa shape index (κ2) is 7.41. The average Bonchev–Trinajstić information content (AvgIpc) is 3.09. The van der Waals surface area contributed by atoms with Crippen LogP contribution in [0.25, 0.3) is 0 Å². The second-order valence-corrected chi connectivity index (χ2v) is 8.64. The topological polar surface area (TPSA) is 102 Å². The molecule has 1 saturated carbocycles. The summed E-state index contributed by atoms with van der Waals surface area (Å²) in [5.74, 6) is -0.130. The molecule has 1 aliphatic heterocycles. The third kappa shape index (κ3) is 4.03. The molecule has 0 atom stereocenters. The van der Waals surface area contributed by atoms with Crippen molar-refractivity contribution in [3.63, 3.8) is 0 Å². The Morgan fingerprint density at radius 2 is 1.76 bits per heavy atom. The minimum Gasteiger partial charge on any atom is -0.379 e. The van der Waals surface area contributed by atoms with Gasteiger partial charge in [0.2, 0.25) is 15.9 Å². The number of nitrogens with one attached hydrogen (secondary N) is 1. The Hall–Kier alpha value is -1.48. The van der Waals surface area contributed by atoms with Crippen molar-refractivity contribution in [3.05, 3.63) is 29.8 Å². The molecule has 25 heavy (non-hydrogen) atoms. The molecular weight excluding hydrogens is 342 g/mol. The van der Waals surface area contributed by atoms with Crippen LogP contribution in [0.15, 0.2) is 29.2 Å². The SMILES string of the molecule is NC1(C(=O)NCc2ccc(S(=O)(=O)N3CCOCC3)cc2)CCCC1. The molecule has 7 nitrogen and oxygen atoms in total. The standard InChI is InChI=1S/C17H25N3O4S/c18-17(7-1-2-8-17)16(21)19-13-14-3-5-15(6-4-14)25(22,23)20-9-11-24-12-10-20/h3-6H,1-2,7-13,18H2,(H,19,21). The molecule has 0 unspecified atom stereocenters. The first-order chi connectivity index (χ1) is 11.9. The maximum Gasteiger partial charge on any atom is 0.243 e. The Morgan fingerprint density at radius 1 is 1.16 bits per heavy atom. The van der Waals surface area contributed by atoms with Crippen LogP contribution in [-0.2, 0) is 26.1 Å². The molecule has 2 aliphatic rings. The van der Waals surface area contributed by atoms with E-state index in [9.17, 15) is 13.2 Å². The first-order valence-corrected chi connectivity index (χ1v) is 10.1. The summed E-state index contributed by atoms with van der Waals surface area (Å²) in [6, 6.07) is 6.62. The molecule has 1 aromatic rings. The molecule has 0 aromatic heterocycles. The molecule has 3 N–H and O–H groups in total. The number of nitrogens with two attached hydrogens (primary N) is 1. The van der Waals surface area contributed by atoms with Gasteiger partial charge in [-0.1, -0.05) is 25.0 Å². The van der Waals surface area contributed by atoms with Gasteiger partial charge in [-0.2, -0.15) is 4.31 Å². The van der Waals surface area contributed by atoms with Crippen LogP contribution in [0.1, 0.15) is 31.2 Å². The van der Waals surface area contributed by atoms with Crippen LogP contribution >= 0.6 is 0 Å². The zero-order valence-corrected chi connectivity index (χ0v) is 15.1. The molecule has 0 bridgehead atoms. The van der Waals surface area contributed by atoms with Crippen LogP contribution in [-0.4, -0.2) is 50.5 Å². The van der Waals surface area contributed by atoms with Gasteiger partial charge in [-0.15, -0.1) is 0 Å². The van der Waals surface area contributed by atoms with Gasteiger partial charge in [0.05, 0.1) is 23.6 Å². The number of carbonyl (C=O) groups is 1. The van der Waals surface area contributed by atoms with Gasteiger partial charge in [-0.05, 0) is 30.5 Å². The summed E-state index contributed by atoms with van der Waals surface area (Å²) in [5, 5.41) is 2.86. The van der Waals surface area contributed by atoms with Gasteiger partial charge in [-0.25, -0.2) is 8.42 Å². The van der Waals surface area contributed by atoms with Crippen molar-refractivity contribution < 1.29 is 17.9 Å². The van der Waals surface area contributed by atoms with E-state index in [1.165, 1.54) is 4.31 Å². The van der Waals surface area contributed by atoms with Crippen molar-refractivity contribution in [1.82, 2.24) is 9.62 Å². The van der Waals surface area contributed by atoms with E-state index in [0.717, 1.165) is 31.2 Å². The van der Waals surface area contributed by atoms with E-state index in [2.05, 4.69) is 5.32 Å². The fourth-order valence-corrected chi connectivity index (χ4v) is 4.71. The molecule has 1 aliphatic carbocycles. The normalized spacial score (nSPS) is 21.2. The van der Waals surface area contributed by atoms with Gasteiger partial charge < -0.3 is 15.8 Å². The summed E-state index contributed by atoms with van der Waals surface area (Å²) in [5.41, 5.74) is 6.22. The van der Waals surface area contributed by atoms with Gasteiger partial charge in [0.1, 0.15) is 0 Å². The van der Waals surface area contributed by atoms with Crippen LogP contribution in [0.5, 0.6) is 0 Å². The minimum atomic E-state index is -3.49. The fourth-order valence-electron chi connectivity index (χ4n) is 3.31. The van der Waals surface area contributed by atoms with Crippen LogP contribution in [0, 0.1) is 0 Å². The highest BCUT2D eigenvalue weighted by atomic mass is 32.2. The lowest BCUT2D eigenvalue weighted by atomic mass is 9.98. The molecule has 3 rings (SSSR count). The molecule has 1 heterocycles. The zero-order valence-electron chi connectivity index (χ0n) is 14.2. The minimum absolute atomic E-state index is 0.130. The molecule has 1 amide bonds. The smallest absolute Gasteiger partial charge is 0.243 e. The van der Waals surface area contributed by atoms with Crippen LogP contribution < -0.4 is 11.1 Å². The summed E-state index contributed by atoms with van der Waals surface area (Å²) >= 11 is 0. The lowest BCUT2D eigenvalue weighted by Gasteiger charge is -2.26. The van der Waals surface area contributed by atoms with Crippen molar-refractivity contribution in [2.45, 2.75) is 42.7 Å². The van der Waals surface area contributed by atoms with E-state index >= 15 is 0 Å². The maximum absolute atomic E-state index is 12.6. The number of ether oxygens (including phenoxy) is 1. The molecule has 8 heteroatoms. The molecule has 2 fully saturated rings. The molecule has 1 saturated heterocycles. The molecule has 138 valence electrons. The van der Waals surface area contributed by atoms with Crippen molar-refractivity contribution in [2.75, 3.05) is 26.3 Å². The summed E-state index contributed by atoms with van der Waals surface area (Å²) < 4.78 is 31.8. The third-order valence-corrected chi connectivity index (χ3v) is 6.85. The first-order valence-electron chi connectivity index (χ1n) is 8.66. The predicted molar refractivity (Wildman–Crippen MR) is 93.3 cm³/mol. The number of benzene rings is 1. The first kappa shape index (κ1) is 18.3. The zero-order chi connectivity index (χ0) is 17.9. The van der Waals surface area contributed by atoms with E-state index < -0.39 is 15.6 Å². The quantitative estimate of drug-likeness (QED) is 0.793. The lowest BCUT2D eigenvalue weighted by molar-refractivity contribution is -0.126. The second-order valence-electron chi connectivity index (χ2n) is 6.71. The van der Waals surface area contributed by atoms with Crippen molar-refractivity contribution in [1.29, 1.82) is 0 Å². The van der Waals surface area contributed by atoms with Gasteiger partial charge >= 0.3 is 0 Å². The number of morpholine rings is 1. The van der Waals surface area contributed by atoms with E-state index in [4.69, 9.17) is 10.5 Å². The summed E-state index contributed by atoms with van der Waals surface area (Å²) in [7, 11) is -3.49. The van der Waals surface area contributed by atoms with Gasteiger partial charge in [0, 0.05) is 19.6 Å². The Labute approximate surface area is 148 Å². The van der Waals surface area contributed by atoms with E-state index in [1.54, 1.807) is 24.3 Å². The molecular formula is C17H25N3O4S. The van der Waals surface area contributed by atoms with Crippen LogP contribution in [0.3, 0.4) is 0 Å². The highest BCUT2D eigenvalue weighted by Crippen LogP contribution is 2.27. The maximum atomic E-state index is 12.6. The Bertz CT molecular complexity index is 706. The van der Waals surface area contributed by atoms with Crippen LogP contribution in [0.2, 0.25) is 0 Å². The fraction of sp³-hybridized carbons (Fsp3) is 0.588. The highest BCUT2D eigenvalue weighted by molar-refractivity contribution is 7.89. The summed E-state index contributed by atoms with van der Waals surface area (Å²) in [4.78, 5) is 12.5. The number of nitrogens with zero attached hydrogens (tertiary/aromatic N) is 1. The summed E-state index contributed by atoms with van der Waals surface area (Å²) in [6.45, 7) is 1.93. The number of sulfonamides is 1. The highest BCUT2D eigenvalue weighted by Gasteiger charge is 2.36. The predicted octanol–water partition coefficient (Wildman–Crippen LogP) is 0.595. The number of hydrogen-bond donors (Lipinski definition) is 2. The van der Waals surface area contributed by atoms with Gasteiger partial charge in [0.15, 0.2) is 0 Å². The Morgan fingerprint density at radius 3 is 2.36 bits per heavy atom. The number of carbonyl (C=O) groups excluding carboxylic acids is 1. The number of hydrogen-bond acceptors (Lipinski definition) is 5. The molecule has 0 radical (unpaired) electrons. The van der Waals surface area contributed by atoms with Gasteiger partial charge in [0.25, 0.3) is 0 Å². The molecule has 1 aromatic carbocycles. The lowest BCUT2D eigenvalue weighted by Crippen LogP contribution is -2.51. The van der Waals surface area contributed by atoms with E-state index in [-0.39, 0.29) is 10.8 Å². The van der Waals surface area contributed by atoms with Gasteiger partial charge in [-0.3, -0.25) is 4.79 Å². The van der Waals surface area contributed by atoms with Crippen molar-refractivity contribution in [2.24, 2.45) is 5.73 Å². The largest absolute Gasteiger partial charge is 0.379 e. The monoisotopic (exact) mass is 367 g/mol. The van der Waals surface area contributed by atoms with E-state index in [1.807, 2.05) is 0 Å². The third-order valence-electron chi connectivity index (χ3n) is 4.93. The average molecular weight is 367 g/mol. The Balaban J connectivity index is 1.61. The molecule has 0 spiro atoms. The van der Waals surface area contributed by atoms with Crippen molar-refractivity contribution >= 4 is 15.9 Å². The summed E-state index contributed by atoms with van der Waals surface area (Å²) in [6.07, 6.45) is 3.40.